The van der Waals surface area contributed by atoms with E-state index < -0.39 is 0 Å². The fourth-order valence-corrected chi connectivity index (χ4v) is 3.77. The van der Waals surface area contributed by atoms with Crippen LogP contribution in [0.3, 0.4) is 0 Å². The van der Waals surface area contributed by atoms with Crippen LogP contribution in [-0.4, -0.2) is 22.5 Å². The van der Waals surface area contributed by atoms with E-state index in [1.807, 2.05) is 11.8 Å². The van der Waals surface area contributed by atoms with Crippen LogP contribution in [0.1, 0.15) is 52.4 Å². The van der Waals surface area contributed by atoms with Gasteiger partial charge in [-0.15, -0.1) is 0 Å². The average Bonchev–Trinajstić information content (AvgIpc) is 2.77. The smallest absolute Gasteiger partial charge is 0.157 e. The summed E-state index contributed by atoms with van der Waals surface area (Å²) in [6.07, 6.45) is 7.95. The lowest BCUT2D eigenvalue weighted by molar-refractivity contribution is 0.434. The van der Waals surface area contributed by atoms with Crippen molar-refractivity contribution in [2.75, 3.05) is 6.54 Å². The molecule has 1 unspecified atom stereocenters. The number of hydrogen-bond donors (Lipinski definition) is 1. The van der Waals surface area contributed by atoms with Crippen LogP contribution in [0.2, 0.25) is 0 Å². The van der Waals surface area contributed by atoms with Gasteiger partial charge < -0.3 is 5.32 Å². The number of thioether (sulfide) groups is 1. The van der Waals surface area contributed by atoms with Gasteiger partial charge in [-0.25, -0.2) is 0 Å². The van der Waals surface area contributed by atoms with E-state index in [0.717, 1.165) is 11.8 Å². The van der Waals surface area contributed by atoms with E-state index in [9.17, 15) is 0 Å². The van der Waals surface area contributed by atoms with Crippen LogP contribution in [0.4, 0.5) is 0 Å². The Morgan fingerprint density at radius 2 is 2.20 bits per heavy atom. The summed E-state index contributed by atoms with van der Waals surface area (Å²) in [4.78, 5) is 4.61. The third kappa shape index (κ3) is 2.90. The molecule has 2 nitrogen and oxygen atoms in total. The molecule has 0 spiro atoms. The molecule has 0 aromatic carbocycles. The molecule has 1 aliphatic carbocycles. The Kier molecular flexibility index (Phi) is 3.60. The fourth-order valence-electron chi connectivity index (χ4n) is 2.50. The molecule has 1 N–H and O–H groups in total. The Labute approximate surface area is 97.3 Å². The van der Waals surface area contributed by atoms with Crippen molar-refractivity contribution in [3.63, 3.8) is 0 Å². The van der Waals surface area contributed by atoms with E-state index in [1.54, 1.807) is 0 Å². The lowest BCUT2D eigenvalue weighted by Crippen LogP contribution is -2.42. The Hall–Kier alpha value is -0.180. The summed E-state index contributed by atoms with van der Waals surface area (Å²) in [6, 6.07) is 0. The molecule has 0 bridgehead atoms. The van der Waals surface area contributed by atoms with Gasteiger partial charge >= 0.3 is 0 Å². The monoisotopic (exact) mass is 226 g/mol. The summed E-state index contributed by atoms with van der Waals surface area (Å²) < 4.78 is 0. The summed E-state index contributed by atoms with van der Waals surface area (Å²) in [7, 11) is 0. The van der Waals surface area contributed by atoms with Crippen LogP contribution in [0.25, 0.3) is 0 Å². The zero-order valence-corrected chi connectivity index (χ0v) is 10.7. The third-order valence-corrected chi connectivity index (χ3v) is 4.62. The molecule has 0 aromatic heterocycles. The number of aliphatic imine (C=N–C) groups is 1. The summed E-state index contributed by atoms with van der Waals surface area (Å²) >= 11 is 1.96. The first-order valence-corrected chi connectivity index (χ1v) is 7.09. The van der Waals surface area contributed by atoms with Gasteiger partial charge in [-0.3, -0.25) is 4.99 Å². The van der Waals surface area contributed by atoms with Crippen molar-refractivity contribution in [3.05, 3.63) is 0 Å². The van der Waals surface area contributed by atoms with Crippen molar-refractivity contribution in [3.8, 4) is 0 Å². The van der Waals surface area contributed by atoms with Crippen LogP contribution >= 0.6 is 11.8 Å². The molecule has 1 aliphatic heterocycles. The SMILES string of the molecule is CCCC1CN=C(NC2(C)CCCC2)S1. The van der Waals surface area contributed by atoms with E-state index in [-0.39, 0.29) is 0 Å². The van der Waals surface area contributed by atoms with Crippen molar-refractivity contribution in [2.45, 2.75) is 63.2 Å². The Morgan fingerprint density at radius 1 is 1.47 bits per heavy atom. The van der Waals surface area contributed by atoms with Gasteiger partial charge in [0.2, 0.25) is 0 Å². The predicted octanol–water partition coefficient (Wildman–Crippen LogP) is 3.18. The highest BCUT2D eigenvalue weighted by Gasteiger charge is 2.31. The van der Waals surface area contributed by atoms with Gasteiger partial charge in [-0.1, -0.05) is 37.9 Å². The second-order valence-electron chi connectivity index (χ2n) is 5.07. The highest BCUT2D eigenvalue weighted by Crippen LogP contribution is 2.32. The molecule has 3 heteroatoms. The number of amidine groups is 1. The molecule has 86 valence electrons. The Morgan fingerprint density at radius 3 is 2.87 bits per heavy atom. The van der Waals surface area contributed by atoms with Gasteiger partial charge in [0, 0.05) is 10.8 Å². The normalized spacial score (nSPS) is 29.2. The molecular weight excluding hydrogens is 204 g/mol. The second-order valence-corrected chi connectivity index (χ2v) is 6.36. The maximum Gasteiger partial charge on any atom is 0.157 e. The van der Waals surface area contributed by atoms with Gasteiger partial charge in [0.1, 0.15) is 0 Å². The number of rotatable bonds is 3. The standard InChI is InChI=1S/C12H22N2S/c1-3-6-10-9-13-11(15-10)14-12(2)7-4-5-8-12/h10H,3-9H2,1-2H3,(H,13,14). The van der Waals surface area contributed by atoms with Crippen LogP contribution in [0.5, 0.6) is 0 Å². The molecule has 2 rings (SSSR count). The van der Waals surface area contributed by atoms with Crippen molar-refractivity contribution < 1.29 is 0 Å². The first-order valence-electron chi connectivity index (χ1n) is 6.21. The van der Waals surface area contributed by atoms with Gasteiger partial charge in [-0.2, -0.15) is 0 Å². The van der Waals surface area contributed by atoms with Crippen molar-refractivity contribution in [1.29, 1.82) is 0 Å². The molecule has 1 heterocycles. The molecule has 2 aliphatic rings. The van der Waals surface area contributed by atoms with E-state index in [4.69, 9.17) is 0 Å². The van der Waals surface area contributed by atoms with Gasteiger partial charge in [0.15, 0.2) is 5.17 Å². The molecular formula is C12H22N2S. The van der Waals surface area contributed by atoms with E-state index in [1.165, 1.54) is 43.7 Å². The van der Waals surface area contributed by atoms with E-state index >= 15 is 0 Å². The zero-order chi connectivity index (χ0) is 10.7. The molecule has 1 fully saturated rings. The lowest BCUT2D eigenvalue weighted by Gasteiger charge is -2.26. The van der Waals surface area contributed by atoms with Crippen LogP contribution in [-0.2, 0) is 0 Å². The maximum atomic E-state index is 4.61. The minimum Gasteiger partial charge on any atom is -0.360 e. The molecule has 0 aromatic rings. The molecule has 0 radical (unpaired) electrons. The summed E-state index contributed by atoms with van der Waals surface area (Å²) in [5.41, 5.74) is 0.340. The molecule has 0 saturated heterocycles. The van der Waals surface area contributed by atoms with Crippen molar-refractivity contribution in [2.24, 2.45) is 4.99 Å². The topological polar surface area (TPSA) is 24.4 Å². The maximum absolute atomic E-state index is 4.61. The summed E-state index contributed by atoms with van der Waals surface area (Å²) in [5, 5.41) is 5.60. The van der Waals surface area contributed by atoms with Gasteiger partial charge in [-0.05, 0) is 26.2 Å². The van der Waals surface area contributed by atoms with E-state index in [0.29, 0.717) is 5.54 Å². The number of nitrogens with zero attached hydrogens (tertiary/aromatic N) is 1. The lowest BCUT2D eigenvalue weighted by atomic mass is 10.0. The highest BCUT2D eigenvalue weighted by molar-refractivity contribution is 8.14. The number of hydrogen-bond acceptors (Lipinski definition) is 3. The largest absolute Gasteiger partial charge is 0.360 e. The summed E-state index contributed by atoms with van der Waals surface area (Å²) in [6.45, 7) is 5.62. The number of nitrogens with one attached hydrogen (secondary N) is 1. The molecule has 1 saturated carbocycles. The first-order chi connectivity index (χ1) is 7.22. The molecule has 15 heavy (non-hydrogen) atoms. The fraction of sp³-hybridized carbons (Fsp3) is 0.917. The van der Waals surface area contributed by atoms with Crippen molar-refractivity contribution in [1.82, 2.24) is 5.32 Å². The third-order valence-electron chi connectivity index (χ3n) is 3.44. The van der Waals surface area contributed by atoms with E-state index in [2.05, 4.69) is 24.2 Å². The summed E-state index contributed by atoms with van der Waals surface area (Å²) in [5.74, 6) is 0. The Bertz CT molecular complexity index is 244. The first kappa shape index (κ1) is 11.3. The quantitative estimate of drug-likeness (QED) is 0.799. The molecule has 0 amide bonds. The predicted molar refractivity (Wildman–Crippen MR) is 68.6 cm³/mol. The van der Waals surface area contributed by atoms with Crippen molar-refractivity contribution >= 4 is 16.9 Å². The molecule has 1 atom stereocenters. The minimum atomic E-state index is 0.340. The van der Waals surface area contributed by atoms with Gasteiger partial charge in [0.25, 0.3) is 0 Å². The van der Waals surface area contributed by atoms with Crippen LogP contribution in [0, 0.1) is 0 Å². The van der Waals surface area contributed by atoms with Gasteiger partial charge in [0.05, 0.1) is 6.54 Å². The Balaban J connectivity index is 1.81. The second kappa shape index (κ2) is 4.77. The zero-order valence-electron chi connectivity index (χ0n) is 9.88. The average molecular weight is 226 g/mol. The minimum absolute atomic E-state index is 0.340. The van der Waals surface area contributed by atoms with Crippen LogP contribution in [0.15, 0.2) is 4.99 Å². The van der Waals surface area contributed by atoms with Crippen LogP contribution < -0.4 is 5.32 Å². The highest BCUT2D eigenvalue weighted by atomic mass is 32.2.